The molecule has 3 heteroatoms. The van der Waals surface area contributed by atoms with Crippen LogP contribution in [-0.2, 0) is 4.74 Å². The summed E-state index contributed by atoms with van der Waals surface area (Å²) in [6.07, 6.45) is 5.35. The van der Waals surface area contributed by atoms with Crippen LogP contribution in [0.3, 0.4) is 0 Å². The molecule has 0 aliphatic carbocycles. The molecule has 16 heavy (non-hydrogen) atoms. The minimum atomic E-state index is 0.0941. The van der Waals surface area contributed by atoms with Crippen molar-refractivity contribution in [1.29, 1.82) is 0 Å². The third kappa shape index (κ3) is 4.04. The summed E-state index contributed by atoms with van der Waals surface area (Å²) in [6.45, 7) is 10.5. The molecule has 0 saturated carbocycles. The van der Waals surface area contributed by atoms with Gasteiger partial charge >= 0.3 is 0 Å². The van der Waals surface area contributed by atoms with Gasteiger partial charge in [-0.1, -0.05) is 6.92 Å². The molecule has 0 amide bonds. The lowest BCUT2D eigenvalue weighted by Crippen LogP contribution is -2.52. The molecule has 1 aliphatic heterocycles. The molecule has 1 unspecified atom stereocenters. The molecule has 1 aliphatic rings. The zero-order valence-corrected chi connectivity index (χ0v) is 11.2. The Morgan fingerprint density at radius 1 is 1.38 bits per heavy atom. The number of nitrogens with two attached hydrogens (primary N) is 1. The molecule has 0 aromatic rings. The van der Waals surface area contributed by atoms with Crippen LogP contribution in [0.5, 0.6) is 0 Å². The normalized spacial score (nSPS) is 22.7. The van der Waals surface area contributed by atoms with Crippen LogP contribution in [0, 0.1) is 0 Å². The molecule has 1 atom stereocenters. The lowest BCUT2D eigenvalue weighted by atomic mass is 10.0. The maximum atomic E-state index is 5.86. The van der Waals surface area contributed by atoms with E-state index in [1.54, 1.807) is 0 Å². The summed E-state index contributed by atoms with van der Waals surface area (Å²) < 4.78 is 5.81. The van der Waals surface area contributed by atoms with Gasteiger partial charge in [-0.2, -0.15) is 0 Å². The van der Waals surface area contributed by atoms with Crippen molar-refractivity contribution in [3.05, 3.63) is 0 Å². The first-order valence-corrected chi connectivity index (χ1v) is 6.67. The first-order valence-electron chi connectivity index (χ1n) is 6.67. The molecule has 1 fully saturated rings. The molecular weight excluding hydrogens is 200 g/mol. The van der Waals surface area contributed by atoms with Gasteiger partial charge in [0.15, 0.2) is 0 Å². The van der Waals surface area contributed by atoms with Crippen LogP contribution in [-0.4, -0.2) is 42.8 Å². The van der Waals surface area contributed by atoms with Crippen LogP contribution < -0.4 is 5.73 Å². The van der Waals surface area contributed by atoms with E-state index in [-0.39, 0.29) is 5.54 Å². The van der Waals surface area contributed by atoms with Crippen LogP contribution in [0.2, 0.25) is 0 Å². The number of hydrogen-bond acceptors (Lipinski definition) is 3. The van der Waals surface area contributed by atoms with Gasteiger partial charge < -0.3 is 10.5 Å². The van der Waals surface area contributed by atoms with Gasteiger partial charge in [0.1, 0.15) is 0 Å². The molecule has 0 radical (unpaired) electrons. The maximum Gasteiger partial charge on any atom is 0.0702 e. The van der Waals surface area contributed by atoms with Gasteiger partial charge in [-0.25, -0.2) is 0 Å². The van der Waals surface area contributed by atoms with E-state index in [4.69, 9.17) is 10.5 Å². The molecule has 0 aromatic heterocycles. The van der Waals surface area contributed by atoms with Crippen LogP contribution in [0.15, 0.2) is 0 Å². The first-order chi connectivity index (χ1) is 7.60. The van der Waals surface area contributed by atoms with Crippen molar-refractivity contribution in [2.24, 2.45) is 5.73 Å². The second-order valence-electron chi connectivity index (χ2n) is 5.45. The molecular formula is C13H28N2O. The Kier molecular flexibility index (Phi) is 5.73. The number of nitrogens with zero attached hydrogens (tertiary/aromatic N) is 1. The fraction of sp³-hybridized carbons (Fsp3) is 1.00. The third-order valence-corrected chi connectivity index (χ3v) is 3.55. The molecule has 1 saturated heterocycles. The van der Waals surface area contributed by atoms with Gasteiger partial charge in [0.05, 0.1) is 6.10 Å². The largest absolute Gasteiger partial charge is 0.377 e. The third-order valence-electron chi connectivity index (χ3n) is 3.55. The summed E-state index contributed by atoms with van der Waals surface area (Å²) in [5, 5.41) is 0. The Morgan fingerprint density at radius 3 is 2.62 bits per heavy atom. The van der Waals surface area contributed by atoms with Gasteiger partial charge in [0.25, 0.3) is 0 Å². The standard InChI is InChI=1S/C13H28N2O/c1-4-8-15(13(2,3)11-14)10-12-7-5-6-9-16-12/h12H,4-11,14H2,1-3H3. The number of rotatable bonds is 6. The number of ether oxygens (including phenoxy) is 1. The fourth-order valence-corrected chi connectivity index (χ4v) is 2.24. The van der Waals surface area contributed by atoms with Crippen molar-refractivity contribution in [1.82, 2.24) is 4.90 Å². The average Bonchev–Trinajstić information content (AvgIpc) is 2.30. The Bertz CT molecular complexity index is 188. The summed E-state index contributed by atoms with van der Waals surface area (Å²) >= 11 is 0. The van der Waals surface area contributed by atoms with Gasteiger partial charge in [0.2, 0.25) is 0 Å². The molecule has 0 spiro atoms. The summed E-state index contributed by atoms with van der Waals surface area (Å²) in [4.78, 5) is 2.49. The highest BCUT2D eigenvalue weighted by molar-refractivity contribution is 4.84. The van der Waals surface area contributed by atoms with E-state index in [9.17, 15) is 0 Å². The van der Waals surface area contributed by atoms with Crippen molar-refractivity contribution in [2.75, 3.05) is 26.2 Å². The molecule has 96 valence electrons. The molecule has 3 nitrogen and oxygen atoms in total. The highest BCUT2D eigenvalue weighted by Crippen LogP contribution is 2.19. The SMILES string of the molecule is CCCN(CC1CCCCO1)C(C)(C)CN. The average molecular weight is 228 g/mol. The van der Waals surface area contributed by atoms with Crippen molar-refractivity contribution in [3.63, 3.8) is 0 Å². The zero-order valence-electron chi connectivity index (χ0n) is 11.2. The highest BCUT2D eigenvalue weighted by Gasteiger charge is 2.27. The number of hydrogen-bond donors (Lipinski definition) is 1. The maximum absolute atomic E-state index is 5.86. The van der Waals surface area contributed by atoms with E-state index >= 15 is 0 Å². The van der Waals surface area contributed by atoms with Gasteiger partial charge in [-0.3, -0.25) is 4.90 Å². The minimum absolute atomic E-state index is 0.0941. The van der Waals surface area contributed by atoms with Gasteiger partial charge in [-0.05, 0) is 46.1 Å². The van der Waals surface area contributed by atoms with Gasteiger partial charge in [-0.15, -0.1) is 0 Å². The summed E-state index contributed by atoms with van der Waals surface area (Å²) in [6, 6.07) is 0. The van der Waals surface area contributed by atoms with Crippen molar-refractivity contribution >= 4 is 0 Å². The topological polar surface area (TPSA) is 38.5 Å². The molecule has 1 rings (SSSR count). The van der Waals surface area contributed by atoms with E-state index in [1.807, 2.05) is 0 Å². The van der Waals surface area contributed by atoms with Crippen LogP contribution in [0.25, 0.3) is 0 Å². The quantitative estimate of drug-likeness (QED) is 0.756. The Hall–Kier alpha value is -0.120. The minimum Gasteiger partial charge on any atom is -0.377 e. The van der Waals surface area contributed by atoms with E-state index < -0.39 is 0 Å². The summed E-state index contributed by atoms with van der Waals surface area (Å²) in [5.74, 6) is 0. The predicted molar refractivity (Wildman–Crippen MR) is 68.6 cm³/mol. The predicted octanol–water partition coefficient (Wildman–Crippen LogP) is 2.00. The summed E-state index contributed by atoms with van der Waals surface area (Å²) in [5.41, 5.74) is 5.95. The first kappa shape index (κ1) is 13.9. The van der Waals surface area contributed by atoms with Crippen molar-refractivity contribution < 1.29 is 4.74 Å². The van der Waals surface area contributed by atoms with Crippen molar-refractivity contribution in [2.45, 2.75) is 58.1 Å². The van der Waals surface area contributed by atoms with Gasteiger partial charge in [0, 0.05) is 25.2 Å². The van der Waals surface area contributed by atoms with E-state index in [0.29, 0.717) is 12.6 Å². The van der Waals surface area contributed by atoms with Crippen LogP contribution in [0.1, 0.15) is 46.5 Å². The fourth-order valence-electron chi connectivity index (χ4n) is 2.24. The van der Waals surface area contributed by atoms with Crippen LogP contribution >= 0.6 is 0 Å². The Labute approximate surface area is 100 Å². The second-order valence-corrected chi connectivity index (χ2v) is 5.45. The lowest BCUT2D eigenvalue weighted by molar-refractivity contribution is -0.0246. The monoisotopic (exact) mass is 228 g/mol. The van der Waals surface area contributed by atoms with E-state index in [0.717, 1.165) is 19.7 Å². The molecule has 2 N–H and O–H groups in total. The van der Waals surface area contributed by atoms with E-state index in [1.165, 1.54) is 25.7 Å². The highest BCUT2D eigenvalue weighted by atomic mass is 16.5. The lowest BCUT2D eigenvalue weighted by Gasteiger charge is -2.40. The Balaban J connectivity index is 2.49. The summed E-state index contributed by atoms with van der Waals surface area (Å²) in [7, 11) is 0. The molecule has 0 bridgehead atoms. The Morgan fingerprint density at radius 2 is 2.12 bits per heavy atom. The smallest absolute Gasteiger partial charge is 0.0702 e. The molecule has 1 heterocycles. The van der Waals surface area contributed by atoms with Crippen molar-refractivity contribution in [3.8, 4) is 0 Å². The zero-order chi connectivity index (χ0) is 12.0. The second kappa shape index (κ2) is 6.58. The van der Waals surface area contributed by atoms with E-state index in [2.05, 4.69) is 25.7 Å². The van der Waals surface area contributed by atoms with Crippen LogP contribution in [0.4, 0.5) is 0 Å². The molecule has 0 aromatic carbocycles.